The van der Waals surface area contributed by atoms with Gasteiger partial charge in [-0.15, -0.1) is 0 Å². The first kappa shape index (κ1) is 25.9. The number of nitrogens with one attached hydrogen (secondary N) is 2. The summed E-state index contributed by atoms with van der Waals surface area (Å²) in [6.07, 6.45) is 1.41. The lowest BCUT2D eigenvalue weighted by Gasteiger charge is -2.36. The van der Waals surface area contributed by atoms with Crippen LogP contribution in [-0.4, -0.2) is 73.3 Å². The quantitative estimate of drug-likeness (QED) is 0.480. The number of nitrogens with zero attached hydrogens (tertiary/aromatic N) is 2. The fraction of sp³-hybridized carbons (Fsp3) is 0.545. The van der Waals surface area contributed by atoms with Crippen LogP contribution in [0.2, 0.25) is 0 Å². The van der Waals surface area contributed by atoms with Crippen LogP contribution in [0.15, 0.2) is 24.3 Å². The highest BCUT2D eigenvalue weighted by molar-refractivity contribution is 5.84. The first-order valence-electron chi connectivity index (χ1n) is 10.7. The van der Waals surface area contributed by atoms with E-state index in [1.807, 2.05) is 38.1 Å². The van der Waals surface area contributed by atoms with Gasteiger partial charge in [-0.2, -0.15) is 0 Å². The normalized spacial score (nSPS) is 14.0. The second-order valence-corrected chi connectivity index (χ2v) is 6.86. The Morgan fingerprint density at radius 2 is 1.68 bits per heavy atom. The topological polar surface area (TPSA) is 119 Å². The van der Waals surface area contributed by atoms with Crippen molar-refractivity contribution in [3.8, 4) is 0 Å². The molecular weight excluding hydrogens is 400 g/mol. The molecule has 0 aliphatic carbocycles. The molecule has 0 aromatic heterocycles. The van der Waals surface area contributed by atoms with E-state index in [0.29, 0.717) is 39.0 Å². The van der Waals surface area contributed by atoms with Crippen LogP contribution in [0.5, 0.6) is 0 Å². The first-order valence-corrected chi connectivity index (χ1v) is 10.7. The predicted molar refractivity (Wildman–Crippen MR) is 120 cm³/mol. The number of carboxylic acids is 1. The van der Waals surface area contributed by atoms with Gasteiger partial charge < -0.3 is 30.3 Å². The van der Waals surface area contributed by atoms with Gasteiger partial charge >= 0.3 is 5.97 Å². The molecule has 1 heterocycles. The van der Waals surface area contributed by atoms with Gasteiger partial charge in [0.1, 0.15) is 12.3 Å². The second-order valence-electron chi connectivity index (χ2n) is 6.86. The average Bonchev–Trinajstić information content (AvgIpc) is 2.81. The van der Waals surface area contributed by atoms with E-state index in [9.17, 15) is 19.2 Å². The Kier molecular flexibility index (Phi) is 11.7. The molecule has 1 atom stereocenters. The summed E-state index contributed by atoms with van der Waals surface area (Å²) < 4.78 is 0. The summed E-state index contributed by atoms with van der Waals surface area (Å²) in [5.74, 6) is -1.25. The maximum Gasteiger partial charge on any atom is 0.303 e. The molecule has 3 N–H and O–H groups in total. The smallest absolute Gasteiger partial charge is 0.303 e. The number of anilines is 2. The van der Waals surface area contributed by atoms with Crippen LogP contribution in [0.3, 0.4) is 0 Å². The summed E-state index contributed by atoms with van der Waals surface area (Å²) in [5.41, 5.74) is 1.80. The van der Waals surface area contributed by atoms with Gasteiger partial charge in [-0.05, 0) is 30.7 Å². The number of aldehydes is 1. The fourth-order valence-corrected chi connectivity index (χ4v) is 3.23. The van der Waals surface area contributed by atoms with Crippen molar-refractivity contribution in [1.82, 2.24) is 10.2 Å². The third kappa shape index (κ3) is 8.65. The van der Waals surface area contributed by atoms with E-state index in [4.69, 9.17) is 5.11 Å². The van der Waals surface area contributed by atoms with Gasteiger partial charge in [-0.1, -0.05) is 13.8 Å². The Morgan fingerprint density at radius 3 is 2.19 bits per heavy atom. The zero-order chi connectivity index (χ0) is 23.2. The molecule has 1 aliphatic rings. The standard InChI is InChI=1S/C20H28N4O5.C2H6/c1-21-20(29)17(3-2-14-25)22-15-4-6-16(7-5-15)23-10-12-24(13-11-23)18(26)8-9-19(27)28;1-2/h4-7,14,17,22H,2-3,8-13H2,1H3,(H,21,29)(H,27,28);1-2H3. The molecule has 1 saturated heterocycles. The van der Waals surface area contributed by atoms with E-state index in [0.717, 1.165) is 17.7 Å². The monoisotopic (exact) mass is 434 g/mol. The first-order chi connectivity index (χ1) is 14.9. The number of carbonyl (C=O) groups excluding carboxylic acids is 3. The van der Waals surface area contributed by atoms with Crippen molar-refractivity contribution in [2.75, 3.05) is 43.4 Å². The van der Waals surface area contributed by atoms with Gasteiger partial charge in [-0.3, -0.25) is 14.4 Å². The zero-order valence-electron chi connectivity index (χ0n) is 18.6. The second kappa shape index (κ2) is 14.0. The molecule has 0 bridgehead atoms. The largest absolute Gasteiger partial charge is 0.481 e. The molecule has 1 aliphatic heterocycles. The van der Waals surface area contributed by atoms with Crippen LogP contribution in [0.4, 0.5) is 11.4 Å². The van der Waals surface area contributed by atoms with E-state index in [1.54, 1.807) is 11.9 Å². The molecule has 172 valence electrons. The molecule has 1 aromatic carbocycles. The third-order valence-electron chi connectivity index (χ3n) is 4.89. The molecule has 31 heavy (non-hydrogen) atoms. The molecule has 1 unspecified atom stereocenters. The maximum absolute atomic E-state index is 12.0. The minimum atomic E-state index is -0.962. The minimum absolute atomic E-state index is 0.0340. The summed E-state index contributed by atoms with van der Waals surface area (Å²) >= 11 is 0. The molecule has 2 amide bonds. The number of aliphatic carboxylic acids is 1. The van der Waals surface area contributed by atoms with Crippen molar-refractivity contribution in [3.05, 3.63) is 24.3 Å². The van der Waals surface area contributed by atoms with E-state index >= 15 is 0 Å². The van der Waals surface area contributed by atoms with Crippen LogP contribution >= 0.6 is 0 Å². The van der Waals surface area contributed by atoms with E-state index < -0.39 is 12.0 Å². The van der Waals surface area contributed by atoms with Crippen LogP contribution in [0.1, 0.15) is 39.5 Å². The molecule has 1 aromatic rings. The van der Waals surface area contributed by atoms with Crippen molar-refractivity contribution >= 4 is 35.4 Å². The lowest BCUT2D eigenvalue weighted by atomic mass is 10.1. The number of likely N-dealkylation sites (N-methyl/N-ethyl adjacent to an activating group) is 1. The van der Waals surface area contributed by atoms with E-state index in [-0.39, 0.29) is 24.7 Å². The lowest BCUT2D eigenvalue weighted by molar-refractivity contribution is -0.141. The van der Waals surface area contributed by atoms with Gasteiger partial charge in [-0.25, -0.2) is 0 Å². The third-order valence-corrected chi connectivity index (χ3v) is 4.89. The van der Waals surface area contributed by atoms with E-state index in [1.165, 1.54) is 0 Å². The van der Waals surface area contributed by atoms with Gasteiger partial charge in [0.2, 0.25) is 11.8 Å². The van der Waals surface area contributed by atoms with Crippen molar-refractivity contribution in [3.63, 3.8) is 0 Å². The highest BCUT2D eigenvalue weighted by Crippen LogP contribution is 2.21. The van der Waals surface area contributed by atoms with Crippen molar-refractivity contribution in [1.29, 1.82) is 0 Å². The van der Waals surface area contributed by atoms with Crippen LogP contribution in [-0.2, 0) is 19.2 Å². The zero-order valence-corrected chi connectivity index (χ0v) is 18.6. The Morgan fingerprint density at radius 1 is 1.06 bits per heavy atom. The van der Waals surface area contributed by atoms with Crippen LogP contribution in [0, 0.1) is 0 Å². The summed E-state index contributed by atoms with van der Waals surface area (Å²) in [7, 11) is 1.56. The Labute approximate surface area is 183 Å². The summed E-state index contributed by atoms with van der Waals surface area (Å²) in [5, 5.41) is 14.4. The number of rotatable bonds is 10. The van der Waals surface area contributed by atoms with Crippen LogP contribution in [0.25, 0.3) is 0 Å². The lowest BCUT2D eigenvalue weighted by Crippen LogP contribution is -2.48. The minimum Gasteiger partial charge on any atom is -0.481 e. The number of benzene rings is 1. The summed E-state index contributed by atoms with van der Waals surface area (Å²) in [4.78, 5) is 49.0. The number of hydrogen-bond donors (Lipinski definition) is 3. The van der Waals surface area contributed by atoms with Gasteiger partial charge in [0.05, 0.1) is 6.42 Å². The Hall–Kier alpha value is -3.10. The average molecular weight is 435 g/mol. The highest BCUT2D eigenvalue weighted by atomic mass is 16.4. The molecule has 2 rings (SSSR count). The van der Waals surface area contributed by atoms with Gasteiger partial charge in [0.15, 0.2) is 0 Å². The SMILES string of the molecule is CC.CNC(=O)C(CCC=O)Nc1ccc(N2CCN(C(=O)CCC(=O)O)CC2)cc1. The van der Waals surface area contributed by atoms with Gasteiger partial charge in [0, 0.05) is 57.4 Å². The van der Waals surface area contributed by atoms with E-state index in [2.05, 4.69) is 15.5 Å². The molecule has 9 nitrogen and oxygen atoms in total. The van der Waals surface area contributed by atoms with Gasteiger partial charge in [0.25, 0.3) is 0 Å². The highest BCUT2D eigenvalue weighted by Gasteiger charge is 2.22. The number of hydrogen-bond acceptors (Lipinski definition) is 6. The Balaban J connectivity index is 0.00000233. The molecular formula is C22H34N4O5. The fourth-order valence-electron chi connectivity index (χ4n) is 3.23. The number of carboxylic acid groups (broad SMARTS) is 1. The van der Waals surface area contributed by atoms with Crippen LogP contribution < -0.4 is 15.5 Å². The van der Waals surface area contributed by atoms with Crippen molar-refractivity contribution < 1.29 is 24.3 Å². The maximum atomic E-state index is 12.0. The predicted octanol–water partition coefficient (Wildman–Crippen LogP) is 1.73. The summed E-state index contributed by atoms with van der Waals surface area (Å²) in [6, 6.07) is 7.19. The number of piperazine rings is 1. The molecule has 0 saturated carbocycles. The summed E-state index contributed by atoms with van der Waals surface area (Å²) in [6.45, 7) is 6.46. The number of amides is 2. The Bertz CT molecular complexity index is 715. The molecule has 0 spiro atoms. The molecule has 9 heteroatoms. The van der Waals surface area contributed by atoms with Crippen molar-refractivity contribution in [2.24, 2.45) is 0 Å². The molecule has 0 radical (unpaired) electrons. The molecule has 1 fully saturated rings. The number of carbonyl (C=O) groups is 4. The van der Waals surface area contributed by atoms with Crippen molar-refractivity contribution in [2.45, 2.75) is 45.6 Å².